The predicted octanol–water partition coefficient (Wildman–Crippen LogP) is 2.41. The summed E-state index contributed by atoms with van der Waals surface area (Å²) in [6.07, 6.45) is 0.722. The minimum Gasteiger partial charge on any atom is -0.466 e. The molecule has 0 saturated carbocycles. The first-order valence-corrected chi connectivity index (χ1v) is 6.57. The lowest BCUT2D eigenvalue weighted by atomic mass is 9.99. The van der Waals surface area contributed by atoms with Crippen LogP contribution < -0.4 is 5.32 Å². The summed E-state index contributed by atoms with van der Waals surface area (Å²) in [4.78, 5) is 11.9. The van der Waals surface area contributed by atoms with Crippen LogP contribution in [-0.4, -0.2) is 25.2 Å². The van der Waals surface area contributed by atoms with Crippen molar-refractivity contribution in [2.24, 2.45) is 5.92 Å². The van der Waals surface area contributed by atoms with Crippen molar-refractivity contribution in [3.8, 4) is 0 Å². The summed E-state index contributed by atoms with van der Waals surface area (Å²) in [6.45, 7) is 7.08. The minimum atomic E-state index is -0.116. The Bertz CT molecular complexity index is 349. The van der Waals surface area contributed by atoms with Crippen molar-refractivity contribution < 1.29 is 9.53 Å². The van der Waals surface area contributed by atoms with Gasteiger partial charge in [0.05, 0.1) is 12.5 Å². The molecule has 0 amide bonds. The van der Waals surface area contributed by atoms with Gasteiger partial charge in [-0.15, -0.1) is 0 Å². The average Bonchev–Trinajstić information content (AvgIpc) is 2.35. The van der Waals surface area contributed by atoms with Gasteiger partial charge in [0.2, 0.25) is 0 Å². The van der Waals surface area contributed by atoms with E-state index in [1.807, 2.05) is 37.3 Å². The largest absolute Gasteiger partial charge is 0.466 e. The van der Waals surface area contributed by atoms with E-state index in [0.29, 0.717) is 19.2 Å². The number of nitrogens with one attached hydrogen (secondary N) is 1. The van der Waals surface area contributed by atoms with Gasteiger partial charge in [-0.1, -0.05) is 44.2 Å². The molecule has 1 aromatic rings. The van der Waals surface area contributed by atoms with E-state index >= 15 is 0 Å². The molecule has 100 valence electrons. The van der Waals surface area contributed by atoms with Crippen LogP contribution in [0.2, 0.25) is 0 Å². The molecule has 0 radical (unpaired) electrons. The van der Waals surface area contributed by atoms with Crippen LogP contribution in [0.25, 0.3) is 0 Å². The van der Waals surface area contributed by atoms with Gasteiger partial charge in [0, 0.05) is 12.6 Å². The predicted molar refractivity (Wildman–Crippen MR) is 73.4 cm³/mol. The first-order valence-electron chi connectivity index (χ1n) is 6.57. The third-order valence-electron chi connectivity index (χ3n) is 2.72. The third kappa shape index (κ3) is 5.32. The molecule has 0 aromatic heterocycles. The molecule has 0 aliphatic carbocycles. The highest BCUT2D eigenvalue weighted by molar-refractivity contribution is 5.73. The first kappa shape index (κ1) is 14.7. The van der Waals surface area contributed by atoms with Gasteiger partial charge in [0.1, 0.15) is 0 Å². The van der Waals surface area contributed by atoms with Gasteiger partial charge < -0.3 is 10.1 Å². The quantitative estimate of drug-likeness (QED) is 0.754. The minimum absolute atomic E-state index is 0.116. The highest BCUT2D eigenvalue weighted by Gasteiger charge is 2.20. The van der Waals surface area contributed by atoms with E-state index in [9.17, 15) is 4.79 Å². The third-order valence-corrected chi connectivity index (χ3v) is 2.72. The SMILES string of the molecule is CCOC(=O)C(CNC(C)C)Cc1ccccc1. The van der Waals surface area contributed by atoms with Crippen LogP contribution >= 0.6 is 0 Å². The Morgan fingerprint density at radius 1 is 1.28 bits per heavy atom. The Hall–Kier alpha value is -1.35. The zero-order chi connectivity index (χ0) is 13.4. The van der Waals surface area contributed by atoms with Crippen LogP contribution in [0.5, 0.6) is 0 Å². The molecule has 1 atom stereocenters. The van der Waals surface area contributed by atoms with Crippen molar-refractivity contribution in [3.63, 3.8) is 0 Å². The lowest BCUT2D eigenvalue weighted by Crippen LogP contribution is -2.35. The Morgan fingerprint density at radius 3 is 2.50 bits per heavy atom. The first-order chi connectivity index (χ1) is 8.63. The van der Waals surface area contributed by atoms with Crippen LogP contribution in [0.15, 0.2) is 30.3 Å². The van der Waals surface area contributed by atoms with Crippen LogP contribution in [0.3, 0.4) is 0 Å². The maximum Gasteiger partial charge on any atom is 0.310 e. The molecular weight excluding hydrogens is 226 g/mol. The van der Waals surface area contributed by atoms with E-state index in [4.69, 9.17) is 4.74 Å². The van der Waals surface area contributed by atoms with Crippen LogP contribution in [0.4, 0.5) is 0 Å². The molecule has 0 aliphatic heterocycles. The highest BCUT2D eigenvalue weighted by Crippen LogP contribution is 2.10. The van der Waals surface area contributed by atoms with E-state index in [1.165, 1.54) is 5.56 Å². The number of carbonyl (C=O) groups excluding carboxylic acids is 1. The molecule has 0 saturated heterocycles. The van der Waals surface area contributed by atoms with Crippen molar-refractivity contribution in [3.05, 3.63) is 35.9 Å². The number of carbonyl (C=O) groups is 1. The maximum atomic E-state index is 11.9. The lowest BCUT2D eigenvalue weighted by Gasteiger charge is -2.18. The fourth-order valence-electron chi connectivity index (χ4n) is 1.78. The van der Waals surface area contributed by atoms with E-state index < -0.39 is 0 Å². The molecule has 0 fully saturated rings. The van der Waals surface area contributed by atoms with E-state index in [0.717, 1.165) is 6.42 Å². The average molecular weight is 249 g/mol. The maximum absolute atomic E-state index is 11.9. The van der Waals surface area contributed by atoms with Crippen LogP contribution in [0.1, 0.15) is 26.3 Å². The molecule has 1 aromatic carbocycles. The molecule has 0 spiro atoms. The number of ether oxygens (including phenoxy) is 1. The molecule has 18 heavy (non-hydrogen) atoms. The standard InChI is InChI=1S/C15H23NO2/c1-4-18-15(17)14(11-16-12(2)3)10-13-8-6-5-7-9-13/h5-9,12,14,16H,4,10-11H2,1-3H3. The molecule has 0 heterocycles. The van der Waals surface area contributed by atoms with Crippen molar-refractivity contribution in [2.45, 2.75) is 33.2 Å². The summed E-state index contributed by atoms with van der Waals surface area (Å²) >= 11 is 0. The molecule has 1 rings (SSSR count). The van der Waals surface area contributed by atoms with Gasteiger partial charge in [-0.2, -0.15) is 0 Å². The zero-order valence-corrected chi connectivity index (χ0v) is 11.5. The number of rotatable bonds is 7. The second-order valence-electron chi connectivity index (χ2n) is 4.70. The fourth-order valence-corrected chi connectivity index (χ4v) is 1.78. The molecule has 1 unspecified atom stereocenters. The summed E-state index contributed by atoms with van der Waals surface area (Å²) in [7, 11) is 0. The Balaban J connectivity index is 2.62. The zero-order valence-electron chi connectivity index (χ0n) is 11.5. The van der Waals surface area contributed by atoms with Crippen molar-refractivity contribution in [2.75, 3.05) is 13.2 Å². The molecule has 3 nitrogen and oxygen atoms in total. The Morgan fingerprint density at radius 2 is 1.94 bits per heavy atom. The normalized spacial score (nSPS) is 12.4. The van der Waals surface area contributed by atoms with Gasteiger partial charge in [-0.3, -0.25) is 4.79 Å². The monoisotopic (exact) mass is 249 g/mol. The topological polar surface area (TPSA) is 38.3 Å². The highest BCUT2D eigenvalue weighted by atomic mass is 16.5. The second kappa shape index (κ2) is 7.88. The second-order valence-corrected chi connectivity index (χ2v) is 4.70. The van der Waals surface area contributed by atoms with Crippen molar-refractivity contribution in [1.29, 1.82) is 0 Å². The van der Waals surface area contributed by atoms with Crippen LogP contribution in [-0.2, 0) is 16.0 Å². The van der Waals surface area contributed by atoms with E-state index in [2.05, 4.69) is 19.2 Å². The Kier molecular flexibility index (Phi) is 6.44. The Labute approximate surface area is 110 Å². The summed E-state index contributed by atoms with van der Waals surface area (Å²) in [5, 5.41) is 3.30. The molecule has 0 aliphatic rings. The number of hydrogen-bond acceptors (Lipinski definition) is 3. The molecular formula is C15H23NO2. The lowest BCUT2D eigenvalue weighted by molar-refractivity contribution is -0.147. The van der Waals surface area contributed by atoms with Gasteiger partial charge in [0.15, 0.2) is 0 Å². The van der Waals surface area contributed by atoms with Gasteiger partial charge in [-0.25, -0.2) is 0 Å². The van der Waals surface area contributed by atoms with Gasteiger partial charge >= 0.3 is 5.97 Å². The molecule has 3 heteroatoms. The summed E-state index contributed by atoms with van der Waals surface area (Å²) in [6, 6.07) is 10.4. The number of benzene rings is 1. The van der Waals surface area contributed by atoms with Gasteiger partial charge in [0.25, 0.3) is 0 Å². The van der Waals surface area contributed by atoms with Crippen molar-refractivity contribution >= 4 is 5.97 Å². The molecule has 1 N–H and O–H groups in total. The smallest absolute Gasteiger partial charge is 0.310 e. The van der Waals surface area contributed by atoms with Crippen LogP contribution in [0, 0.1) is 5.92 Å². The summed E-state index contributed by atoms with van der Waals surface area (Å²) < 4.78 is 5.13. The fraction of sp³-hybridized carbons (Fsp3) is 0.533. The van der Waals surface area contributed by atoms with E-state index in [1.54, 1.807) is 0 Å². The van der Waals surface area contributed by atoms with Gasteiger partial charge in [-0.05, 0) is 18.9 Å². The number of hydrogen-bond donors (Lipinski definition) is 1. The summed E-state index contributed by atoms with van der Waals surface area (Å²) in [5.74, 6) is -0.232. The number of esters is 1. The van der Waals surface area contributed by atoms with Crippen molar-refractivity contribution in [1.82, 2.24) is 5.32 Å². The molecule has 0 bridgehead atoms. The van der Waals surface area contributed by atoms with E-state index in [-0.39, 0.29) is 11.9 Å². The summed E-state index contributed by atoms with van der Waals surface area (Å²) in [5.41, 5.74) is 1.17.